The summed E-state index contributed by atoms with van der Waals surface area (Å²) < 4.78 is 10.8. The molecule has 0 bridgehead atoms. The zero-order valence-corrected chi connectivity index (χ0v) is 27.7. The fourth-order valence-electron chi connectivity index (χ4n) is 6.00. The number of methoxy groups -OCH3 is 1. The van der Waals surface area contributed by atoms with Gasteiger partial charge in [-0.25, -0.2) is 9.78 Å². The van der Waals surface area contributed by atoms with Crippen LogP contribution in [0.1, 0.15) is 52.0 Å². The normalized spacial score (nSPS) is 16.8. The number of carbonyl (C=O) groups excluding carboxylic acids is 3. The zero-order valence-electron chi connectivity index (χ0n) is 27.7. The highest BCUT2D eigenvalue weighted by atomic mass is 16.6. The Balaban J connectivity index is 1.35. The Morgan fingerprint density at radius 3 is 2.29 bits per heavy atom. The van der Waals surface area contributed by atoms with Crippen LogP contribution < -0.4 is 20.7 Å². The second-order valence-corrected chi connectivity index (χ2v) is 13.0. The number of H-pyrrole nitrogens is 1. The number of alkyl carbamates (subject to hydrolysis) is 1. The van der Waals surface area contributed by atoms with E-state index in [9.17, 15) is 14.4 Å². The summed E-state index contributed by atoms with van der Waals surface area (Å²) in [5.74, 6) is 0.0430. The molecule has 0 aliphatic heterocycles. The van der Waals surface area contributed by atoms with Crippen LogP contribution in [0.4, 0.5) is 10.5 Å². The fourth-order valence-corrected chi connectivity index (χ4v) is 6.00. The van der Waals surface area contributed by atoms with E-state index in [0.717, 1.165) is 29.5 Å². The molecule has 4 aromatic rings. The minimum atomic E-state index is -0.945. The van der Waals surface area contributed by atoms with Crippen LogP contribution in [-0.2, 0) is 20.7 Å². The number of nitrogens with two attached hydrogens (primary N) is 1. The van der Waals surface area contributed by atoms with E-state index in [1.54, 1.807) is 42.5 Å². The lowest BCUT2D eigenvalue weighted by Crippen LogP contribution is -2.52. The lowest BCUT2D eigenvalue weighted by Gasteiger charge is -2.36. The van der Waals surface area contributed by atoms with Crippen molar-refractivity contribution in [2.45, 2.75) is 64.5 Å². The number of nitrogens with one attached hydrogen (secondary N) is 2. The molecule has 3 amide bonds. The highest BCUT2D eigenvalue weighted by Gasteiger charge is 2.36. The van der Waals surface area contributed by atoms with Crippen molar-refractivity contribution in [3.8, 4) is 28.4 Å². The van der Waals surface area contributed by atoms with Gasteiger partial charge in [0, 0.05) is 41.9 Å². The third-order valence-electron chi connectivity index (χ3n) is 8.41. The predicted octanol–water partition coefficient (Wildman–Crippen LogP) is 4.70. The number of aromatic amines is 1. The molecule has 1 fully saturated rings. The number of primary amides is 1. The minimum Gasteiger partial charge on any atom is -0.481 e. The SMILES string of the molecule is COc1ncccc1-c1ccc(C[C@@H](C(N)=O)N(C(=O)C2CCC(CNC(=O)OC(C)(C)C)CC2)c2ccc(-c3nn[nH]n3)cc2)cc1. The van der Waals surface area contributed by atoms with Crippen LogP contribution in [0, 0.1) is 11.8 Å². The number of aromatic nitrogens is 5. The van der Waals surface area contributed by atoms with Crippen LogP contribution in [0.15, 0.2) is 66.9 Å². The van der Waals surface area contributed by atoms with Crippen molar-refractivity contribution in [3.05, 3.63) is 72.4 Å². The van der Waals surface area contributed by atoms with Gasteiger partial charge in [-0.05, 0) is 105 Å². The Labute approximate surface area is 279 Å². The van der Waals surface area contributed by atoms with Gasteiger partial charge in [0.25, 0.3) is 0 Å². The standard InChI is InChI=1S/C35H42N8O5/c1-35(2,3)48-34(46)38-21-23-9-13-26(14-10-23)33(45)43(27-17-15-25(16-18-27)31-39-41-42-40-31)29(30(36)44)20-22-7-11-24(12-8-22)28-6-5-19-37-32(28)47-4/h5-8,11-12,15-19,23,26,29H,9-10,13-14,20-21H2,1-4H3,(H2,36,44)(H,38,46)(H,39,40,41,42)/t23?,26?,29-/m0/s1. The van der Waals surface area contributed by atoms with Crippen molar-refractivity contribution in [1.29, 1.82) is 0 Å². The average Bonchev–Trinajstić information content (AvgIpc) is 3.62. The maximum absolute atomic E-state index is 14.4. The van der Waals surface area contributed by atoms with Gasteiger partial charge in [0.1, 0.15) is 11.6 Å². The summed E-state index contributed by atoms with van der Waals surface area (Å²) in [7, 11) is 1.57. The first-order valence-corrected chi connectivity index (χ1v) is 16.0. The molecule has 4 N–H and O–H groups in total. The van der Waals surface area contributed by atoms with Crippen LogP contribution in [0.5, 0.6) is 5.88 Å². The van der Waals surface area contributed by atoms with Crippen LogP contribution in [0.2, 0.25) is 0 Å². The van der Waals surface area contributed by atoms with Crippen molar-refractivity contribution < 1.29 is 23.9 Å². The number of hydrogen-bond donors (Lipinski definition) is 3. The van der Waals surface area contributed by atoms with E-state index >= 15 is 0 Å². The first kappa shape index (κ1) is 34.0. The highest BCUT2D eigenvalue weighted by Crippen LogP contribution is 2.34. The lowest BCUT2D eigenvalue weighted by molar-refractivity contribution is -0.127. The molecular weight excluding hydrogens is 612 g/mol. The van der Waals surface area contributed by atoms with Crippen molar-refractivity contribution in [3.63, 3.8) is 0 Å². The van der Waals surface area contributed by atoms with Gasteiger partial charge in [-0.1, -0.05) is 24.3 Å². The van der Waals surface area contributed by atoms with E-state index in [-0.39, 0.29) is 24.2 Å². The van der Waals surface area contributed by atoms with E-state index < -0.39 is 23.6 Å². The number of anilines is 1. The number of carbonyl (C=O) groups is 3. The van der Waals surface area contributed by atoms with Gasteiger partial charge in [0.15, 0.2) is 0 Å². The van der Waals surface area contributed by atoms with Crippen molar-refractivity contribution >= 4 is 23.6 Å². The van der Waals surface area contributed by atoms with E-state index in [4.69, 9.17) is 15.2 Å². The van der Waals surface area contributed by atoms with Gasteiger partial charge in [0.2, 0.25) is 23.5 Å². The number of benzene rings is 2. The summed E-state index contributed by atoms with van der Waals surface area (Å²) in [6.45, 7) is 5.94. The summed E-state index contributed by atoms with van der Waals surface area (Å²) in [5, 5.41) is 17.0. The molecule has 2 aromatic carbocycles. The van der Waals surface area contributed by atoms with Gasteiger partial charge in [0.05, 0.1) is 7.11 Å². The lowest BCUT2D eigenvalue weighted by atomic mass is 9.81. The van der Waals surface area contributed by atoms with Gasteiger partial charge in [-0.15, -0.1) is 10.2 Å². The summed E-state index contributed by atoms with van der Waals surface area (Å²) >= 11 is 0. The third kappa shape index (κ3) is 8.52. The molecule has 1 atom stereocenters. The summed E-state index contributed by atoms with van der Waals surface area (Å²) in [6, 6.07) is 17.6. The molecular formula is C35H42N8O5. The number of pyridine rings is 1. The number of amides is 3. The Bertz CT molecular complexity index is 1680. The quantitative estimate of drug-likeness (QED) is 0.207. The van der Waals surface area contributed by atoms with Gasteiger partial charge >= 0.3 is 6.09 Å². The molecule has 1 aliphatic carbocycles. The Kier molecular flexibility index (Phi) is 10.7. The van der Waals surface area contributed by atoms with Crippen molar-refractivity contribution in [1.82, 2.24) is 30.9 Å². The van der Waals surface area contributed by atoms with E-state index in [1.807, 2.05) is 57.2 Å². The largest absolute Gasteiger partial charge is 0.481 e. The van der Waals surface area contributed by atoms with Crippen LogP contribution in [-0.4, -0.2) is 68.8 Å². The molecule has 1 saturated carbocycles. The molecule has 13 nitrogen and oxygen atoms in total. The maximum atomic E-state index is 14.4. The minimum absolute atomic E-state index is 0.165. The van der Waals surface area contributed by atoms with Crippen LogP contribution >= 0.6 is 0 Å². The van der Waals surface area contributed by atoms with Crippen LogP contribution in [0.25, 0.3) is 22.5 Å². The fraction of sp³-hybridized carbons (Fsp3) is 0.400. The Morgan fingerprint density at radius 1 is 1.00 bits per heavy atom. The first-order valence-electron chi connectivity index (χ1n) is 16.0. The molecule has 252 valence electrons. The smallest absolute Gasteiger partial charge is 0.407 e. The van der Waals surface area contributed by atoms with E-state index in [0.29, 0.717) is 42.3 Å². The molecule has 0 spiro atoms. The monoisotopic (exact) mass is 654 g/mol. The van der Waals surface area contributed by atoms with Gasteiger partial charge in [-0.3, -0.25) is 14.5 Å². The summed E-state index contributed by atoms with van der Waals surface area (Å²) in [5.41, 5.74) is 9.30. The molecule has 13 heteroatoms. The molecule has 2 aromatic heterocycles. The van der Waals surface area contributed by atoms with E-state index in [1.165, 1.54) is 0 Å². The first-order chi connectivity index (χ1) is 23.0. The molecule has 2 heterocycles. The number of hydrogen-bond acceptors (Lipinski definition) is 9. The third-order valence-corrected chi connectivity index (χ3v) is 8.41. The Hall–Kier alpha value is -5.33. The summed E-state index contributed by atoms with van der Waals surface area (Å²) in [4.78, 5) is 45.5. The van der Waals surface area contributed by atoms with Crippen molar-refractivity contribution in [2.75, 3.05) is 18.6 Å². The average molecular weight is 655 g/mol. The second kappa shape index (κ2) is 15.1. The molecule has 1 aliphatic rings. The number of rotatable bonds is 11. The maximum Gasteiger partial charge on any atom is 0.407 e. The molecule has 0 unspecified atom stereocenters. The van der Waals surface area contributed by atoms with Gasteiger partial charge in [-0.2, -0.15) is 5.21 Å². The second-order valence-electron chi connectivity index (χ2n) is 13.0. The Morgan fingerprint density at radius 2 is 1.69 bits per heavy atom. The van der Waals surface area contributed by atoms with Crippen molar-refractivity contribution in [2.24, 2.45) is 17.6 Å². The van der Waals surface area contributed by atoms with Gasteiger partial charge < -0.3 is 20.5 Å². The number of nitrogens with zero attached hydrogens (tertiary/aromatic N) is 5. The highest BCUT2D eigenvalue weighted by molar-refractivity contribution is 6.01. The molecule has 0 saturated heterocycles. The topological polar surface area (TPSA) is 178 Å². The number of ether oxygens (including phenoxy) is 2. The summed E-state index contributed by atoms with van der Waals surface area (Å²) in [6.07, 6.45) is 4.16. The molecule has 48 heavy (non-hydrogen) atoms. The van der Waals surface area contributed by atoms with Crippen LogP contribution in [0.3, 0.4) is 0 Å². The predicted molar refractivity (Wildman–Crippen MR) is 180 cm³/mol. The molecule has 0 radical (unpaired) electrons. The van der Waals surface area contributed by atoms with E-state index in [2.05, 4.69) is 30.9 Å². The molecule has 5 rings (SSSR count). The number of tetrazole rings is 1. The zero-order chi connectivity index (χ0) is 34.3.